The van der Waals surface area contributed by atoms with E-state index in [0.717, 1.165) is 31.5 Å². The minimum atomic E-state index is 0.184. The van der Waals surface area contributed by atoms with Gasteiger partial charge < -0.3 is 10.6 Å². The maximum atomic E-state index is 12.7. The van der Waals surface area contributed by atoms with Gasteiger partial charge in [0.15, 0.2) is 0 Å². The lowest BCUT2D eigenvalue weighted by atomic mass is 9.84. The first-order valence-corrected chi connectivity index (χ1v) is 9.30. The Hall–Kier alpha value is -1.35. The Morgan fingerprint density at radius 2 is 1.65 bits per heavy atom. The van der Waals surface area contributed by atoms with Gasteiger partial charge in [0.2, 0.25) is 0 Å². The number of rotatable bonds is 3. The van der Waals surface area contributed by atoms with Crippen molar-refractivity contribution in [1.29, 1.82) is 0 Å². The van der Waals surface area contributed by atoms with Crippen LogP contribution in [-0.4, -0.2) is 29.9 Å². The number of nitrogens with zero attached hydrogens (tertiary/aromatic N) is 1. The first kappa shape index (κ1) is 16.5. The average Bonchev–Trinajstić information content (AvgIpc) is 2.62. The highest BCUT2D eigenvalue weighted by Gasteiger charge is 2.25. The minimum absolute atomic E-state index is 0.184. The van der Waals surface area contributed by atoms with E-state index in [0.29, 0.717) is 11.8 Å². The van der Waals surface area contributed by atoms with Crippen molar-refractivity contribution in [2.45, 2.75) is 63.8 Å². The van der Waals surface area contributed by atoms with Crippen molar-refractivity contribution in [3.63, 3.8) is 0 Å². The topological polar surface area (TPSA) is 46.3 Å². The third-order valence-corrected chi connectivity index (χ3v) is 5.80. The van der Waals surface area contributed by atoms with Gasteiger partial charge >= 0.3 is 0 Å². The van der Waals surface area contributed by atoms with Gasteiger partial charge in [0.1, 0.15) is 0 Å². The fourth-order valence-electron chi connectivity index (χ4n) is 4.14. The number of amides is 1. The molecule has 3 heteroatoms. The van der Waals surface area contributed by atoms with Crippen molar-refractivity contribution in [3.8, 4) is 0 Å². The standard InChI is InChI=1S/C20H30N2O/c1-15(21)16-11-13-22(14-12-16)20(23)19-9-7-18(8-10-19)17-5-3-2-4-6-17/h7-10,15-17H,2-6,11-14,21H2,1H3. The van der Waals surface area contributed by atoms with Crippen molar-refractivity contribution in [2.75, 3.05) is 13.1 Å². The van der Waals surface area contributed by atoms with E-state index in [1.807, 2.05) is 17.0 Å². The number of carbonyl (C=O) groups is 1. The van der Waals surface area contributed by atoms with Crippen LogP contribution >= 0.6 is 0 Å². The summed E-state index contributed by atoms with van der Waals surface area (Å²) in [6.45, 7) is 3.76. The van der Waals surface area contributed by atoms with Gasteiger partial charge in [-0.25, -0.2) is 0 Å². The molecule has 1 unspecified atom stereocenters. The molecular formula is C20H30N2O. The third-order valence-electron chi connectivity index (χ3n) is 5.80. The molecule has 0 radical (unpaired) electrons. The Morgan fingerprint density at radius 3 is 2.22 bits per heavy atom. The van der Waals surface area contributed by atoms with Crippen LogP contribution in [0.5, 0.6) is 0 Å². The summed E-state index contributed by atoms with van der Waals surface area (Å²) in [6, 6.07) is 8.66. The van der Waals surface area contributed by atoms with Gasteiger partial charge in [-0.1, -0.05) is 31.4 Å². The van der Waals surface area contributed by atoms with Crippen LogP contribution in [0.2, 0.25) is 0 Å². The van der Waals surface area contributed by atoms with Gasteiger partial charge in [0.25, 0.3) is 5.91 Å². The van der Waals surface area contributed by atoms with Crippen LogP contribution in [0.3, 0.4) is 0 Å². The van der Waals surface area contributed by atoms with E-state index in [1.165, 1.54) is 37.7 Å². The highest BCUT2D eigenvalue weighted by atomic mass is 16.2. The second-order valence-electron chi connectivity index (χ2n) is 7.45. The predicted molar refractivity (Wildman–Crippen MR) is 94.5 cm³/mol. The molecule has 1 heterocycles. The highest BCUT2D eigenvalue weighted by Crippen LogP contribution is 2.32. The second-order valence-corrected chi connectivity index (χ2v) is 7.45. The van der Waals surface area contributed by atoms with Crippen molar-refractivity contribution in [3.05, 3.63) is 35.4 Å². The molecule has 1 atom stereocenters. The van der Waals surface area contributed by atoms with Crippen LogP contribution in [0.25, 0.3) is 0 Å². The molecule has 1 saturated carbocycles. The number of nitrogens with two attached hydrogens (primary N) is 1. The van der Waals surface area contributed by atoms with E-state index in [2.05, 4.69) is 19.1 Å². The number of hydrogen-bond donors (Lipinski definition) is 1. The summed E-state index contributed by atoms with van der Waals surface area (Å²) < 4.78 is 0. The molecule has 0 aromatic heterocycles. The molecular weight excluding hydrogens is 284 g/mol. The van der Waals surface area contributed by atoms with E-state index in [4.69, 9.17) is 5.73 Å². The summed E-state index contributed by atoms with van der Waals surface area (Å²) >= 11 is 0. The number of carbonyl (C=O) groups excluding carboxylic acids is 1. The fraction of sp³-hybridized carbons (Fsp3) is 0.650. The Labute approximate surface area is 140 Å². The summed E-state index contributed by atoms with van der Waals surface area (Å²) in [7, 11) is 0. The quantitative estimate of drug-likeness (QED) is 0.918. The molecule has 2 fully saturated rings. The molecule has 1 aliphatic carbocycles. The molecule has 0 spiro atoms. The molecule has 1 saturated heterocycles. The van der Waals surface area contributed by atoms with Crippen LogP contribution in [0.15, 0.2) is 24.3 Å². The van der Waals surface area contributed by atoms with Crippen LogP contribution in [-0.2, 0) is 0 Å². The number of likely N-dealkylation sites (tertiary alicyclic amines) is 1. The molecule has 3 rings (SSSR count). The summed E-state index contributed by atoms with van der Waals surface area (Å²) in [5.74, 6) is 1.45. The second kappa shape index (κ2) is 7.48. The van der Waals surface area contributed by atoms with Crippen molar-refractivity contribution < 1.29 is 4.79 Å². The van der Waals surface area contributed by atoms with Crippen LogP contribution in [0, 0.1) is 5.92 Å². The lowest BCUT2D eigenvalue weighted by molar-refractivity contribution is 0.0681. The lowest BCUT2D eigenvalue weighted by Gasteiger charge is -2.33. The van der Waals surface area contributed by atoms with Gasteiger partial charge in [-0.2, -0.15) is 0 Å². The van der Waals surface area contributed by atoms with Gasteiger partial charge in [-0.15, -0.1) is 0 Å². The lowest BCUT2D eigenvalue weighted by Crippen LogP contribution is -2.42. The van der Waals surface area contributed by atoms with Gasteiger partial charge in [-0.3, -0.25) is 4.79 Å². The zero-order valence-electron chi connectivity index (χ0n) is 14.3. The molecule has 1 aromatic rings. The summed E-state index contributed by atoms with van der Waals surface area (Å²) in [5.41, 5.74) is 8.23. The zero-order valence-corrected chi connectivity index (χ0v) is 14.3. The van der Waals surface area contributed by atoms with Crippen molar-refractivity contribution >= 4 is 5.91 Å². The van der Waals surface area contributed by atoms with Crippen LogP contribution in [0.4, 0.5) is 0 Å². The number of piperidine rings is 1. The molecule has 1 aliphatic heterocycles. The molecule has 126 valence electrons. The van der Waals surface area contributed by atoms with Crippen molar-refractivity contribution in [1.82, 2.24) is 4.90 Å². The minimum Gasteiger partial charge on any atom is -0.339 e. The summed E-state index contributed by atoms with van der Waals surface area (Å²) in [4.78, 5) is 14.7. The highest BCUT2D eigenvalue weighted by molar-refractivity contribution is 5.94. The zero-order chi connectivity index (χ0) is 16.2. The summed E-state index contributed by atoms with van der Waals surface area (Å²) in [6.07, 6.45) is 8.74. The number of hydrogen-bond acceptors (Lipinski definition) is 2. The molecule has 1 aromatic carbocycles. The maximum absolute atomic E-state index is 12.7. The first-order valence-electron chi connectivity index (χ1n) is 9.30. The Balaban J connectivity index is 1.59. The van der Waals surface area contributed by atoms with E-state index in [9.17, 15) is 4.79 Å². The van der Waals surface area contributed by atoms with Crippen molar-refractivity contribution in [2.24, 2.45) is 11.7 Å². The van der Waals surface area contributed by atoms with E-state index in [1.54, 1.807) is 0 Å². The normalized spacial score (nSPS) is 22.1. The van der Waals surface area contributed by atoms with Gasteiger partial charge in [0, 0.05) is 24.7 Å². The molecule has 0 bridgehead atoms. The number of benzene rings is 1. The van der Waals surface area contributed by atoms with E-state index in [-0.39, 0.29) is 11.9 Å². The Morgan fingerprint density at radius 1 is 1.04 bits per heavy atom. The average molecular weight is 314 g/mol. The SMILES string of the molecule is CC(N)C1CCN(C(=O)c2ccc(C3CCCCC3)cc2)CC1. The molecule has 3 nitrogen and oxygen atoms in total. The van der Waals surface area contributed by atoms with E-state index >= 15 is 0 Å². The fourth-order valence-corrected chi connectivity index (χ4v) is 4.14. The maximum Gasteiger partial charge on any atom is 0.253 e. The van der Waals surface area contributed by atoms with E-state index < -0.39 is 0 Å². The Bertz CT molecular complexity index is 509. The molecule has 2 N–H and O–H groups in total. The smallest absolute Gasteiger partial charge is 0.253 e. The molecule has 2 aliphatic rings. The van der Waals surface area contributed by atoms with Crippen LogP contribution in [0.1, 0.15) is 73.7 Å². The largest absolute Gasteiger partial charge is 0.339 e. The molecule has 23 heavy (non-hydrogen) atoms. The van der Waals surface area contributed by atoms with Crippen LogP contribution < -0.4 is 5.73 Å². The predicted octanol–water partition coefficient (Wildman–Crippen LogP) is 3.93. The Kier molecular flexibility index (Phi) is 5.37. The monoisotopic (exact) mass is 314 g/mol. The van der Waals surface area contributed by atoms with Gasteiger partial charge in [0.05, 0.1) is 0 Å². The van der Waals surface area contributed by atoms with Gasteiger partial charge in [-0.05, 0) is 62.1 Å². The molecule has 1 amide bonds. The third kappa shape index (κ3) is 3.95. The summed E-state index contributed by atoms with van der Waals surface area (Å²) in [5, 5.41) is 0. The first-order chi connectivity index (χ1) is 11.1.